The molecule has 0 bridgehead atoms. The van der Waals surface area contributed by atoms with Gasteiger partial charge in [0.2, 0.25) is 0 Å². The number of alkyl halides is 1. The zero-order chi connectivity index (χ0) is 13.8. The second kappa shape index (κ2) is 6.39. The number of hydrogen-bond donors (Lipinski definition) is 1. The number of benzene rings is 1. The summed E-state index contributed by atoms with van der Waals surface area (Å²) >= 11 is 3.27. The molecule has 19 heavy (non-hydrogen) atoms. The Bertz CT molecular complexity index is 464. The normalized spacial score (nSPS) is 18.6. The molecular weight excluding hydrogens is 310 g/mol. The smallest absolute Gasteiger partial charge is 0.320 e. The Kier molecular flexibility index (Phi) is 4.82. The van der Waals surface area contributed by atoms with Gasteiger partial charge in [0.15, 0.2) is 0 Å². The zero-order valence-electron chi connectivity index (χ0n) is 11.1. The van der Waals surface area contributed by atoms with Gasteiger partial charge in [-0.25, -0.2) is 0 Å². The number of esters is 1. The Labute approximate surface area is 121 Å². The molecule has 104 valence electrons. The van der Waals surface area contributed by atoms with Crippen molar-refractivity contribution < 1.29 is 14.3 Å². The van der Waals surface area contributed by atoms with Crippen molar-refractivity contribution in [3.63, 3.8) is 0 Å². The molecule has 5 heteroatoms. The molecule has 1 aliphatic heterocycles. The van der Waals surface area contributed by atoms with Crippen molar-refractivity contribution in [1.29, 1.82) is 0 Å². The molecule has 0 saturated carbocycles. The van der Waals surface area contributed by atoms with Gasteiger partial charge in [-0.3, -0.25) is 4.79 Å². The molecule has 0 radical (unpaired) electrons. The summed E-state index contributed by atoms with van der Waals surface area (Å²) in [7, 11) is 1.38. The third-order valence-corrected chi connectivity index (χ3v) is 3.81. The largest absolute Gasteiger partial charge is 0.488 e. The van der Waals surface area contributed by atoms with E-state index < -0.39 is 0 Å². The number of hydrogen-bond acceptors (Lipinski definition) is 4. The van der Waals surface area contributed by atoms with E-state index in [-0.39, 0.29) is 16.9 Å². The molecule has 2 unspecified atom stereocenters. The van der Waals surface area contributed by atoms with E-state index in [4.69, 9.17) is 4.74 Å². The molecule has 1 aliphatic rings. The summed E-state index contributed by atoms with van der Waals surface area (Å²) in [6.07, 6.45) is 1.05. The molecule has 0 saturated heterocycles. The van der Waals surface area contributed by atoms with Gasteiger partial charge in [-0.2, -0.15) is 0 Å². The molecule has 1 aromatic rings. The van der Waals surface area contributed by atoms with Gasteiger partial charge in [-0.05, 0) is 18.6 Å². The van der Waals surface area contributed by atoms with Gasteiger partial charge in [0.05, 0.1) is 7.11 Å². The lowest BCUT2D eigenvalue weighted by Crippen LogP contribution is -2.36. The number of aryl methyl sites for hydroxylation is 1. The minimum absolute atomic E-state index is 0.133. The lowest BCUT2D eigenvalue weighted by atomic mass is 10.1. The summed E-state index contributed by atoms with van der Waals surface area (Å²) in [5, 5.41) is 3.22. The summed E-state index contributed by atoms with van der Waals surface area (Å²) in [6, 6.07) is 6.24. The van der Waals surface area contributed by atoms with Crippen LogP contribution in [0.4, 0.5) is 0 Å². The van der Waals surface area contributed by atoms with Crippen LogP contribution in [0.1, 0.15) is 11.1 Å². The predicted molar refractivity (Wildman–Crippen MR) is 76.9 cm³/mol. The van der Waals surface area contributed by atoms with Crippen molar-refractivity contribution in [1.82, 2.24) is 5.32 Å². The molecule has 4 nitrogen and oxygen atoms in total. The van der Waals surface area contributed by atoms with E-state index >= 15 is 0 Å². The van der Waals surface area contributed by atoms with Crippen LogP contribution in [0.5, 0.6) is 5.75 Å². The topological polar surface area (TPSA) is 47.6 Å². The Morgan fingerprint density at radius 3 is 3.16 bits per heavy atom. The molecule has 1 aromatic carbocycles. The van der Waals surface area contributed by atoms with Crippen molar-refractivity contribution in [2.45, 2.75) is 24.3 Å². The van der Waals surface area contributed by atoms with Crippen LogP contribution in [0.15, 0.2) is 18.2 Å². The van der Waals surface area contributed by atoms with E-state index in [0.717, 1.165) is 12.2 Å². The van der Waals surface area contributed by atoms with Gasteiger partial charge in [-0.1, -0.05) is 33.6 Å². The Hall–Kier alpha value is -1.07. The van der Waals surface area contributed by atoms with Crippen LogP contribution in [0.25, 0.3) is 0 Å². The highest BCUT2D eigenvalue weighted by Gasteiger charge is 2.23. The van der Waals surface area contributed by atoms with Crippen LogP contribution in [-0.2, 0) is 16.0 Å². The lowest BCUT2D eigenvalue weighted by Gasteiger charge is -2.13. The molecule has 0 spiro atoms. The molecule has 0 aromatic heterocycles. The fourth-order valence-corrected chi connectivity index (χ4v) is 2.56. The van der Waals surface area contributed by atoms with Gasteiger partial charge >= 0.3 is 5.97 Å². The Morgan fingerprint density at radius 2 is 2.42 bits per heavy atom. The monoisotopic (exact) mass is 327 g/mol. The van der Waals surface area contributed by atoms with Gasteiger partial charge in [0, 0.05) is 19.5 Å². The first-order chi connectivity index (χ1) is 9.10. The second-order valence-electron chi connectivity index (χ2n) is 4.70. The van der Waals surface area contributed by atoms with Gasteiger partial charge in [0.1, 0.15) is 16.7 Å². The van der Waals surface area contributed by atoms with Gasteiger partial charge in [-0.15, -0.1) is 0 Å². The quantitative estimate of drug-likeness (QED) is 0.662. The zero-order valence-corrected chi connectivity index (χ0v) is 12.7. The van der Waals surface area contributed by atoms with Crippen molar-refractivity contribution >= 4 is 21.9 Å². The van der Waals surface area contributed by atoms with Crippen molar-refractivity contribution in [3.05, 3.63) is 29.3 Å². The number of nitrogens with one attached hydrogen (secondary N) is 1. The highest BCUT2D eigenvalue weighted by atomic mass is 79.9. The molecule has 1 N–H and O–H groups in total. The first kappa shape index (κ1) is 14.3. The average Bonchev–Trinajstić information content (AvgIpc) is 2.79. The molecule has 1 heterocycles. The molecule has 2 atom stereocenters. The Morgan fingerprint density at radius 1 is 1.63 bits per heavy atom. The first-order valence-electron chi connectivity index (χ1n) is 6.29. The number of carbonyl (C=O) groups excluding carboxylic acids is 1. The highest BCUT2D eigenvalue weighted by molar-refractivity contribution is 9.10. The van der Waals surface area contributed by atoms with Crippen LogP contribution in [0.3, 0.4) is 0 Å². The summed E-state index contributed by atoms with van der Waals surface area (Å²) in [4.78, 5) is 10.9. The molecule has 0 aliphatic carbocycles. The number of ether oxygens (including phenoxy) is 2. The van der Waals surface area contributed by atoms with E-state index in [1.165, 1.54) is 18.2 Å². The van der Waals surface area contributed by atoms with Crippen molar-refractivity contribution in [2.24, 2.45) is 0 Å². The molecular formula is C14H18BrNO3. The van der Waals surface area contributed by atoms with E-state index in [1.54, 1.807) is 0 Å². The fourth-order valence-electron chi connectivity index (χ4n) is 2.15. The maximum Gasteiger partial charge on any atom is 0.320 e. The molecule has 0 fully saturated rings. The van der Waals surface area contributed by atoms with Gasteiger partial charge in [0.25, 0.3) is 0 Å². The van der Waals surface area contributed by atoms with Gasteiger partial charge < -0.3 is 14.8 Å². The number of halogens is 1. The standard InChI is InChI=1S/C14H18BrNO3/c1-9-3-4-13-10(5-9)6-11(19-13)7-16-8-12(15)14(17)18-2/h3-5,11-12,16H,6-8H2,1-2H3. The summed E-state index contributed by atoms with van der Waals surface area (Å²) < 4.78 is 10.5. The minimum Gasteiger partial charge on any atom is -0.488 e. The van der Waals surface area contributed by atoms with E-state index in [9.17, 15) is 4.79 Å². The molecule has 2 rings (SSSR count). The third-order valence-electron chi connectivity index (χ3n) is 3.11. The van der Waals surface area contributed by atoms with Crippen molar-refractivity contribution in [2.75, 3.05) is 20.2 Å². The third kappa shape index (κ3) is 3.70. The average molecular weight is 328 g/mol. The van der Waals surface area contributed by atoms with E-state index in [2.05, 4.69) is 45.0 Å². The maximum absolute atomic E-state index is 11.2. The van der Waals surface area contributed by atoms with E-state index in [0.29, 0.717) is 13.1 Å². The van der Waals surface area contributed by atoms with Crippen LogP contribution in [0, 0.1) is 6.92 Å². The van der Waals surface area contributed by atoms with Crippen LogP contribution in [0.2, 0.25) is 0 Å². The lowest BCUT2D eigenvalue weighted by molar-refractivity contribution is -0.139. The van der Waals surface area contributed by atoms with Crippen LogP contribution >= 0.6 is 15.9 Å². The van der Waals surface area contributed by atoms with E-state index in [1.807, 2.05) is 6.07 Å². The van der Waals surface area contributed by atoms with Crippen LogP contribution in [-0.4, -0.2) is 37.1 Å². The Balaban J connectivity index is 1.77. The van der Waals surface area contributed by atoms with Crippen molar-refractivity contribution in [3.8, 4) is 5.75 Å². The minimum atomic E-state index is -0.316. The summed E-state index contributed by atoms with van der Waals surface area (Å²) in [5.41, 5.74) is 2.51. The number of methoxy groups -OCH3 is 1. The predicted octanol–water partition coefficient (Wildman–Crippen LogP) is 1.82. The van der Waals surface area contributed by atoms with Crippen LogP contribution < -0.4 is 10.1 Å². The first-order valence-corrected chi connectivity index (χ1v) is 7.20. The number of rotatable bonds is 5. The number of carbonyl (C=O) groups is 1. The summed E-state index contributed by atoms with van der Waals surface area (Å²) in [6.45, 7) is 3.33. The second-order valence-corrected chi connectivity index (χ2v) is 5.81. The highest BCUT2D eigenvalue weighted by Crippen LogP contribution is 2.29. The fraction of sp³-hybridized carbons (Fsp3) is 0.500. The SMILES string of the molecule is COC(=O)C(Br)CNCC1Cc2cc(C)ccc2O1. The summed E-state index contributed by atoms with van der Waals surface area (Å²) in [5.74, 6) is 0.708. The maximum atomic E-state index is 11.2. The number of fused-ring (bicyclic) bond motifs is 1. The molecule has 0 amide bonds.